The molecule has 0 saturated carbocycles. The summed E-state index contributed by atoms with van der Waals surface area (Å²) in [5, 5.41) is 10.1. The highest BCUT2D eigenvalue weighted by Crippen LogP contribution is 2.20. The number of hydrogen-bond acceptors (Lipinski definition) is 2. The van der Waals surface area contributed by atoms with Gasteiger partial charge in [-0.15, -0.1) is 0 Å². The molecule has 0 aromatic heterocycles. The van der Waals surface area contributed by atoms with E-state index in [1.165, 1.54) is 17.7 Å². The Balaban J connectivity index is 1.98. The topological polar surface area (TPSA) is 37.3 Å². The summed E-state index contributed by atoms with van der Waals surface area (Å²) >= 11 is 0. The maximum atomic E-state index is 10.9. The van der Waals surface area contributed by atoms with Crippen molar-refractivity contribution in [2.45, 2.75) is 18.4 Å². The van der Waals surface area contributed by atoms with Crippen LogP contribution in [0.5, 0.6) is 0 Å². The van der Waals surface area contributed by atoms with Crippen LogP contribution in [-0.4, -0.2) is 16.5 Å². The second-order valence-corrected chi connectivity index (χ2v) is 4.05. The Hall–Kier alpha value is -1.67. The van der Waals surface area contributed by atoms with E-state index in [0.717, 1.165) is 6.42 Å². The standard InChI is InChI=1S/C14H14O2/c15-13-7-10-14(16,11-8-13)9-6-12-4-2-1-3-5-12/h1-5,7-8,10-11,16H,6,9H2. The second-order valence-electron chi connectivity index (χ2n) is 4.05. The van der Waals surface area contributed by atoms with Crippen LogP contribution in [0.4, 0.5) is 0 Å². The van der Waals surface area contributed by atoms with Crippen LogP contribution < -0.4 is 0 Å². The van der Waals surface area contributed by atoms with Crippen molar-refractivity contribution in [3.63, 3.8) is 0 Å². The molecule has 1 aromatic carbocycles. The minimum atomic E-state index is -0.969. The van der Waals surface area contributed by atoms with Crippen molar-refractivity contribution < 1.29 is 9.90 Å². The average molecular weight is 214 g/mol. The lowest BCUT2D eigenvalue weighted by Crippen LogP contribution is -2.26. The minimum absolute atomic E-state index is 0.0654. The van der Waals surface area contributed by atoms with E-state index in [4.69, 9.17) is 0 Å². The van der Waals surface area contributed by atoms with E-state index in [9.17, 15) is 9.90 Å². The predicted octanol–water partition coefficient (Wildman–Crippen LogP) is 2.05. The third-order valence-corrected chi connectivity index (χ3v) is 2.73. The fourth-order valence-electron chi connectivity index (χ4n) is 1.72. The Morgan fingerprint density at radius 2 is 1.69 bits per heavy atom. The maximum Gasteiger partial charge on any atom is 0.178 e. The van der Waals surface area contributed by atoms with Gasteiger partial charge in [0.1, 0.15) is 5.60 Å². The lowest BCUT2D eigenvalue weighted by atomic mass is 9.91. The highest BCUT2D eigenvalue weighted by Gasteiger charge is 2.22. The van der Waals surface area contributed by atoms with Gasteiger partial charge in [-0.2, -0.15) is 0 Å². The summed E-state index contributed by atoms with van der Waals surface area (Å²) in [5.41, 5.74) is 0.221. The first-order valence-electron chi connectivity index (χ1n) is 5.37. The molecule has 2 heteroatoms. The lowest BCUT2D eigenvalue weighted by Gasteiger charge is -2.22. The summed E-state index contributed by atoms with van der Waals surface area (Å²) in [6, 6.07) is 10.00. The Kier molecular flexibility index (Phi) is 3.02. The molecule has 1 aliphatic rings. The van der Waals surface area contributed by atoms with Gasteiger partial charge in [0.25, 0.3) is 0 Å². The number of ketones is 1. The second kappa shape index (κ2) is 4.45. The summed E-state index contributed by atoms with van der Waals surface area (Å²) in [5.74, 6) is -0.0654. The summed E-state index contributed by atoms with van der Waals surface area (Å²) in [6.45, 7) is 0. The summed E-state index contributed by atoms with van der Waals surface area (Å²) < 4.78 is 0. The SMILES string of the molecule is O=C1C=CC(O)(CCc2ccccc2)C=C1. The molecule has 2 nitrogen and oxygen atoms in total. The first kappa shape index (κ1) is 10.8. The van der Waals surface area contributed by atoms with Crippen molar-refractivity contribution >= 4 is 5.78 Å². The molecule has 0 unspecified atom stereocenters. The number of aryl methyl sites for hydroxylation is 1. The number of allylic oxidation sites excluding steroid dienone is 2. The van der Waals surface area contributed by atoms with Crippen molar-refractivity contribution in [3.05, 3.63) is 60.2 Å². The predicted molar refractivity (Wildman–Crippen MR) is 63.0 cm³/mol. The summed E-state index contributed by atoms with van der Waals surface area (Å²) in [6.07, 6.45) is 7.37. The molecule has 1 aromatic rings. The van der Waals surface area contributed by atoms with Gasteiger partial charge < -0.3 is 5.11 Å². The molecule has 16 heavy (non-hydrogen) atoms. The van der Waals surface area contributed by atoms with E-state index < -0.39 is 5.60 Å². The summed E-state index contributed by atoms with van der Waals surface area (Å²) in [4.78, 5) is 10.9. The molecule has 0 bridgehead atoms. The maximum absolute atomic E-state index is 10.9. The van der Waals surface area contributed by atoms with Gasteiger partial charge in [0.2, 0.25) is 0 Å². The van der Waals surface area contributed by atoms with Crippen LogP contribution >= 0.6 is 0 Å². The molecule has 0 heterocycles. The molecule has 0 radical (unpaired) electrons. The van der Waals surface area contributed by atoms with E-state index in [0.29, 0.717) is 6.42 Å². The normalized spacial score (nSPS) is 17.7. The van der Waals surface area contributed by atoms with Crippen LogP contribution in [0.3, 0.4) is 0 Å². The van der Waals surface area contributed by atoms with Crippen LogP contribution in [0.25, 0.3) is 0 Å². The smallest absolute Gasteiger partial charge is 0.178 e. The quantitative estimate of drug-likeness (QED) is 0.836. The van der Waals surface area contributed by atoms with Gasteiger partial charge in [-0.25, -0.2) is 0 Å². The first-order chi connectivity index (χ1) is 7.68. The zero-order chi connectivity index (χ0) is 11.4. The Labute approximate surface area is 94.9 Å². The Bertz CT molecular complexity index is 413. The number of carbonyl (C=O) groups excluding carboxylic acids is 1. The van der Waals surface area contributed by atoms with Crippen molar-refractivity contribution in [2.24, 2.45) is 0 Å². The zero-order valence-electron chi connectivity index (χ0n) is 8.97. The van der Waals surface area contributed by atoms with Gasteiger partial charge in [-0.05, 0) is 42.7 Å². The van der Waals surface area contributed by atoms with Gasteiger partial charge in [-0.1, -0.05) is 30.3 Å². The van der Waals surface area contributed by atoms with E-state index >= 15 is 0 Å². The fourth-order valence-corrected chi connectivity index (χ4v) is 1.72. The third kappa shape index (κ3) is 2.67. The molecular weight excluding hydrogens is 200 g/mol. The molecular formula is C14H14O2. The molecule has 0 saturated heterocycles. The Morgan fingerprint density at radius 3 is 2.31 bits per heavy atom. The number of benzene rings is 1. The molecule has 0 amide bonds. The third-order valence-electron chi connectivity index (χ3n) is 2.73. The highest BCUT2D eigenvalue weighted by atomic mass is 16.3. The van der Waals surface area contributed by atoms with Gasteiger partial charge in [-0.3, -0.25) is 4.79 Å². The minimum Gasteiger partial charge on any atom is -0.382 e. The number of hydrogen-bond donors (Lipinski definition) is 1. The molecule has 0 atom stereocenters. The van der Waals surface area contributed by atoms with E-state index in [-0.39, 0.29) is 5.78 Å². The van der Waals surface area contributed by atoms with Crippen LogP contribution in [-0.2, 0) is 11.2 Å². The fraction of sp³-hybridized carbons (Fsp3) is 0.214. The molecule has 2 rings (SSSR count). The monoisotopic (exact) mass is 214 g/mol. The van der Waals surface area contributed by atoms with Gasteiger partial charge in [0.05, 0.1) is 0 Å². The molecule has 82 valence electrons. The van der Waals surface area contributed by atoms with Crippen LogP contribution in [0.1, 0.15) is 12.0 Å². The molecule has 0 aliphatic heterocycles. The molecule has 1 N–H and O–H groups in total. The first-order valence-corrected chi connectivity index (χ1v) is 5.37. The van der Waals surface area contributed by atoms with E-state index in [1.54, 1.807) is 12.2 Å². The van der Waals surface area contributed by atoms with Gasteiger partial charge in [0.15, 0.2) is 5.78 Å². The van der Waals surface area contributed by atoms with Crippen molar-refractivity contribution in [3.8, 4) is 0 Å². The summed E-state index contributed by atoms with van der Waals surface area (Å²) in [7, 11) is 0. The lowest BCUT2D eigenvalue weighted by molar-refractivity contribution is -0.110. The van der Waals surface area contributed by atoms with Crippen molar-refractivity contribution in [1.82, 2.24) is 0 Å². The Morgan fingerprint density at radius 1 is 1.06 bits per heavy atom. The van der Waals surface area contributed by atoms with Crippen LogP contribution in [0.2, 0.25) is 0 Å². The average Bonchev–Trinajstić information content (AvgIpc) is 2.33. The van der Waals surface area contributed by atoms with Crippen LogP contribution in [0, 0.1) is 0 Å². The van der Waals surface area contributed by atoms with Crippen molar-refractivity contribution in [2.75, 3.05) is 0 Å². The molecule has 0 fully saturated rings. The zero-order valence-corrected chi connectivity index (χ0v) is 8.97. The number of aliphatic hydroxyl groups is 1. The number of carbonyl (C=O) groups is 1. The van der Waals surface area contributed by atoms with Crippen LogP contribution in [0.15, 0.2) is 54.6 Å². The molecule has 1 aliphatic carbocycles. The van der Waals surface area contributed by atoms with Gasteiger partial charge in [0, 0.05) is 0 Å². The van der Waals surface area contributed by atoms with Gasteiger partial charge >= 0.3 is 0 Å². The van der Waals surface area contributed by atoms with Crippen molar-refractivity contribution in [1.29, 1.82) is 0 Å². The van der Waals surface area contributed by atoms with E-state index in [1.807, 2.05) is 30.3 Å². The number of rotatable bonds is 3. The molecule has 0 spiro atoms. The largest absolute Gasteiger partial charge is 0.382 e. The highest BCUT2D eigenvalue weighted by molar-refractivity contribution is 6.00. The van der Waals surface area contributed by atoms with E-state index in [2.05, 4.69) is 0 Å².